The minimum atomic E-state index is -3.89. The summed E-state index contributed by atoms with van der Waals surface area (Å²) >= 11 is 0. The van der Waals surface area contributed by atoms with E-state index < -0.39 is 10.0 Å². The van der Waals surface area contributed by atoms with Gasteiger partial charge in [-0.3, -0.25) is 9.52 Å². The number of amides is 1. The lowest BCUT2D eigenvalue weighted by Gasteiger charge is -2.16. The third kappa shape index (κ3) is 4.89. The SMILES string of the molecule is COc1cc(C)c(S(=O)(=O)Nc2ccccc2C(=O)NC[C@@H]2CCCO2)cc1C. The van der Waals surface area contributed by atoms with Crippen LogP contribution >= 0.6 is 0 Å². The van der Waals surface area contributed by atoms with Gasteiger partial charge in [0.2, 0.25) is 0 Å². The highest BCUT2D eigenvalue weighted by Gasteiger charge is 2.22. The van der Waals surface area contributed by atoms with Crippen molar-refractivity contribution in [2.45, 2.75) is 37.7 Å². The zero-order valence-corrected chi connectivity index (χ0v) is 17.6. The molecule has 2 aromatic rings. The van der Waals surface area contributed by atoms with Gasteiger partial charge in [-0.1, -0.05) is 12.1 Å². The molecule has 1 fully saturated rings. The second-order valence-electron chi connectivity index (χ2n) is 7.08. The summed E-state index contributed by atoms with van der Waals surface area (Å²) in [5, 5.41) is 2.83. The Labute approximate surface area is 171 Å². The summed E-state index contributed by atoms with van der Waals surface area (Å²) in [4.78, 5) is 12.8. The Bertz CT molecular complexity index is 998. The number of sulfonamides is 1. The molecule has 0 saturated carbocycles. The van der Waals surface area contributed by atoms with Crippen molar-refractivity contribution in [2.75, 3.05) is 25.0 Å². The largest absolute Gasteiger partial charge is 0.496 e. The molecule has 8 heteroatoms. The number of benzene rings is 2. The number of anilines is 1. The second-order valence-corrected chi connectivity index (χ2v) is 8.73. The van der Waals surface area contributed by atoms with Gasteiger partial charge in [-0.25, -0.2) is 8.42 Å². The summed E-state index contributed by atoms with van der Waals surface area (Å²) in [6, 6.07) is 9.79. The van der Waals surface area contributed by atoms with E-state index in [9.17, 15) is 13.2 Å². The zero-order chi connectivity index (χ0) is 21.0. The molecule has 2 aromatic carbocycles. The molecule has 0 bridgehead atoms. The molecule has 1 aliphatic heterocycles. The van der Waals surface area contributed by atoms with Gasteiger partial charge in [0.15, 0.2) is 0 Å². The van der Waals surface area contributed by atoms with Crippen LogP contribution < -0.4 is 14.8 Å². The number of aryl methyl sites for hydroxylation is 2. The van der Waals surface area contributed by atoms with E-state index in [0.717, 1.165) is 12.8 Å². The Balaban J connectivity index is 1.82. The van der Waals surface area contributed by atoms with Gasteiger partial charge >= 0.3 is 0 Å². The molecule has 156 valence electrons. The third-order valence-electron chi connectivity index (χ3n) is 4.91. The predicted molar refractivity (Wildman–Crippen MR) is 111 cm³/mol. The van der Waals surface area contributed by atoms with Gasteiger partial charge in [-0.05, 0) is 62.1 Å². The van der Waals surface area contributed by atoms with Crippen molar-refractivity contribution in [1.82, 2.24) is 5.32 Å². The van der Waals surface area contributed by atoms with Gasteiger partial charge in [0.1, 0.15) is 5.75 Å². The maximum atomic E-state index is 13.0. The van der Waals surface area contributed by atoms with Crippen LogP contribution in [0.2, 0.25) is 0 Å². The average molecular weight is 419 g/mol. The van der Waals surface area contributed by atoms with Gasteiger partial charge in [0.05, 0.1) is 29.4 Å². The molecular weight excluding hydrogens is 392 g/mol. The summed E-state index contributed by atoms with van der Waals surface area (Å²) in [5.41, 5.74) is 1.75. The van der Waals surface area contributed by atoms with E-state index in [1.54, 1.807) is 57.4 Å². The first-order chi connectivity index (χ1) is 13.8. The van der Waals surface area contributed by atoms with Crippen LogP contribution in [0.25, 0.3) is 0 Å². The van der Waals surface area contributed by atoms with Crippen LogP contribution in [0.15, 0.2) is 41.3 Å². The Morgan fingerprint density at radius 2 is 1.97 bits per heavy atom. The summed E-state index contributed by atoms with van der Waals surface area (Å²) in [6.07, 6.45) is 1.90. The highest BCUT2D eigenvalue weighted by Crippen LogP contribution is 2.28. The van der Waals surface area contributed by atoms with Crippen molar-refractivity contribution < 1.29 is 22.7 Å². The van der Waals surface area contributed by atoms with E-state index in [2.05, 4.69) is 10.0 Å². The van der Waals surface area contributed by atoms with Gasteiger partial charge in [-0.2, -0.15) is 0 Å². The molecule has 0 spiro atoms. The fraction of sp³-hybridized carbons (Fsp3) is 0.381. The summed E-state index contributed by atoms with van der Waals surface area (Å²) in [6.45, 7) is 4.59. The fourth-order valence-electron chi connectivity index (χ4n) is 3.35. The smallest absolute Gasteiger partial charge is 0.262 e. The van der Waals surface area contributed by atoms with Crippen molar-refractivity contribution in [3.8, 4) is 5.75 Å². The monoisotopic (exact) mass is 418 g/mol. The topological polar surface area (TPSA) is 93.7 Å². The first-order valence-corrected chi connectivity index (χ1v) is 11.0. The molecule has 29 heavy (non-hydrogen) atoms. The van der Waals surface area contributed by atoms with E-state index in [0.29, 0.717) is 30.0 Å². The van der Waals surface area contributed by atoms with Crippen LogP contribution in [0.1, 0.15) is 34.3 Å². The Hall–Kier alpha value is -2.58. The molecule has 7 nitrogen and oxygen atoms in total. The van der Waals surface area contributed by atoms with E-state index in [-0.39, 0.29) is 28.2 Å². The van der Waals surface area contributed by atoms with Crippen LogP contribution in [-0.2, 0) is 14.8 Å². The molecule has 0 aliphatic carbocycles. The number of carbonyl (C=O) groups excluding carboxylic acids is 1. The quantitative estimate of drug-likeness (QED) is 0.721. The highest BCUT2D eigenvalue weighted by molar-refractivity contribution is 7.92. The lowest BCUT2D eigenvalue weighted by molar-refractivity contribution is 0.0858. The number of methoxy groups -OCH3 is 1. The molecule has 0 radical (unpaired) electrons. The van der Waals surface area contributed by atoms with Crippen LogP contribution in [0.5, 0.6) is 5.75 Å². The van der Waals surface area contributed by atoms with Crippen molar-refractivity contribution in [1.29, 1.82) is 0 Å². The molecule has 1 saturated heterocycles. The fourth-order valence-corrected chi connectivity index (χ4v) is 4.74. The number of ether oxygens (including phenoxy) is 2. The number of hydrogen-bond acceptors (Lipinski definition) is 5. The normalized spacial score (nSPS) is 16.4. The van der Waals surface area contributed by atoms with Crippen LogP contribution in [-0.4, -0.2) is 40.7 Å². The molecule has 0 aromatic heterocycles. The molecule has 1 amide bonds. The Morgan fingerprint density at radius 3 is 2.66 bits per heavy atom. The van der Waals surface area contributed by atoms with E-state index >= 15 is 0 Å². The van der Waals surface area contributed by atoms with Crippen molar-refractivity contribution in [3.63, 3.8) is 0 Å². The van der Waals surface area contributed by atoms with Gasteiger partial charge in [0, 0.05) is 13.2 Å². The maximum absolute atomic E-state index is 13.0. The molecule has 1 aliphatic rings. The minimum absolute atomic E-state index is 0.00716. The molecular formula is C21H26N2O5S. The molecule has 2 N–H and O–H groups in total. The standard InChI is InChI=1S/C21H26N2O5S/c1-14-12-20(15(2)11-19(14)27-3)29(25,26)23-18-9-5-4-8-17(18)21(24)22-13-16-7-6-10-28-16/h4-5,8-9,11-12,16,23H,6-7,10,13H2,1-3H3,(H,22,24)/t16-/m0/s1. The average Bonchev–Trinajstić information content (AvgIpc) is 3.21. The highest BCUT2D eigenvalue weighted by atomic mass is 32.2. The van der Waals surface area contributed by atoms with E-state index in [1.165, 1.54) is 0 Å². The summed E-state index contributed by atoms with van der Waals surface area (Å²) in [5.74, 6) is 0.275. The van der Waals surface area contributed by atoms with Crippen LogP contribution in [0.4, 0.5) is 5.69 Å². The Kier molecular flexibility index (Phi) is 6.44. The van der Waals surface area contributed by atoms with Gasteiger partial charge in [-0.15, -0.1) is 0 Å². The first-order valence-electron chi connectivity index (χ1n) is 9.48. The maximum Gasteiger partial charge on any atom is 0.262 e. The lowest BCUT2D eigenvalue weighted by Crippen LogP contribution is -2.32. The zero-order valence-electron chi connectivity index (χ0n) is 16.8. The molecule has 1 atom stereocenters. The number of hydrogen-bond donors (Lipinski definition) is 2. The summed E-state index contributed by atoms with van der Waals surface area (Å²) in [7, 11) is -2.35. The predicted octanol–water partition coefficient (Wildman–Crippen LogP) is 3.02. The van der Waals surface area contributed by atoms with Crippen LogP contribution in [0, 0.1) is 13.8 Å². The number of rotatable bonds is 7. The van der Waals surface area contributed by atoms with Gasteiger partial charge < -0.3 is 14.8 Å². The van der Waals surface area contributed by atoms with Crippen molar-refractivity contribution >= 4 is 21.6 Å². The number of para-hydroxylation sites is 1. The van der Waals surface area contributed by atoms with E-state index in [4.69, 9.17) is 9.47 Å². The summed E-state index contributed by atoms with van der Waals surface area (Å²) < 4.78 is 39.3. The lowest BCUT2D eigenvalue weighted by atomic mass is 10.1. The molecule has 3 rings (SSSR count). The van der Waals surface area contributed by atoms with Crippen LogP contribution in [0.3, 0.4) is 0 Å². The number of nitrogens with one attached hydrogen (secondary N) is 2. The van der Waals surface area contributed by atoms with Crippen molar-refractivity contribution in [2.24, 2.45) is 0 Å². The van der Waals surface area contributed by atoms with Gasteiger partial charge in [0.25, 0.3) is 15.9 Å². The number of carbonyl (C=O) groups is 1. The van der Waals surface area contributed by atoms with Crippen molar-refractivity contribution in [3.05, 3.63) is 53.1 Å². The minimum Gasteiger partial charge on any atom is -0.496 e. The first kappa shape index (κ1) is 21.1. The van der Waals surface area contributed by atoms with E-state index in [1.807, 2.05) is 0 Å². The Morgan fingerprint density at radius 1 is 1.21 bits per heavy atom. The second kappa shape index (κ2) is 8.84. The molecule has 0 unspecified atom stereocenters. The third-order valence-corrected chi connectivity index (χ3v) is 6.42. The molecule has 1 heterocycles.